The molecular weight excluding hydrogens is 236 g/mol. The lowest BCUT2D eigenvalue weighted by Crippen LogP contribution is -2.05. The third-order valence-corrected chi connectivity index (χ3v) is 2.37. The number of carbonyl (C=O) groups is 1. The van der Waals surface area contributed by atoms with Crippen LogP contribution in [0, 0.1) is 0 Å². The second-order valence-electron chi connectivity index (χ2n) is 3.42. The van der Waals surface area contributed by atoms with Gasteiger partial charge in [-0.25, -0.2) is 9.78 Å². The van der Waals surface area contributed by atoms with Crippen molar-refractivity contribution in [2.45, 2.75) is 0 Å². The van der Waals surface area contributed by atoms with Crippen molar-refractivity contribution in [2.75, 3.05) is 20.0 Å². The van der Waals surface area contributed by atoms with E-state index in [0.29, 0.717) is 17.3 Å². The highest BCUT2D eigenvalue weighted by atomic mass is 16.5. The highest BCUT2D eigenvalue weighted by Crippen LogP contribution is 2.25. The molecule has 94 valence electrons. The number of ether oxygens (including phenoxy) is 2. The molecule has 2 heterocycles. The maximum absolute atomic E-state index is 11.6. The molecule has 2 rings (SSSR count). The number of methoxy groups -OCH3 is 2. The van der Waals surface area contributed by atoms with Crippen LogP contribution in [-0.4, -0.2) is 35.4 Å². The van der Waals surface area contributed by atoms with Crippen LogP contribution in [-0.2, 0) is 4.74 Å². The van der Waals surface area contributed by atoms with Crippen molar-refractivity contribution in [3.63, 3.8) is 0 Å². The van der Waals surface area contributed by atoms with Crippen molar-refractivity contribution < 1.29 is 14.3 Å². The molecule has 7 nitrogen and oxygen atoms in total. The summed E-state index contributed by atoms with van der Waals surface area (Å²) in [5.41, 5.74) is 6.69. The zero-order chi connectivity index (χ0) is 13.1. The predicted molar refractivity (Wildman–Crippen MR) is 64.1 cm³/mol. The fourth-order valence-electron chi connectivity index (χ4n) is 1.52. The molecule has 0 unspecified atom stereocenters. The number of anilines is 1. The van der Waals surface area contributed by atoms with Gasteiger partial charge in [0.1, 0.15) is 11.3 Å². The second kappa shape index (κ2) is 4.74. The Morgan fingerprint density at radius 3 is 2.83 bits per heavy atom. The van der Waals surface area contributed by atoms with E-state index in [9.17, 15) is 4.79 Å². The van der Waals surface area contributed by atoms with Gasteiger partial charge in [-0.05, 0) is 6.07 Å². The number of nitrogens with zero attached hydrogens (tertiary/aromatic N) is 2. The highest BCUT2D eigenvalue weighted by Gasteiger charge is 2.21. The van der Waals surface area contributed by atoms with Gasteiger partial charge in [-0.1, -0.05) is 6.07 Å². The van der Waals surface area contributed by atoms with Crippen LogP contribution in [0.2, 0.25) is 0 Å². The SMILES string of the molecule is COC(=O)c1c(N)n[nH]c1-c1cccc(OC)n1. The third-order valence-electron chi connectivity index (χ3n) is 2.37. The largest absolute Gasteiger partial charge is 0.481 e. The molecule has 0 aliphatic rings. The second-order valence-corrected chi connectivity index (χ2v) is 3.42. The number of hydrogen-bond donors (Lipinski definition) is 2. The molecule has 0 spiro atoms. The first kappa shape index (κ1) is 11.9. The van der Waals surface area contributed by atoms with E-state index >= 15 is 0 Å². The molecule has 0 aliphatic heterocycles. The number of carbonyl (C=O) groups excluding carboxylic acids is 1. The lowest BCUT2D eigenvalue weighted by molar-refractivity contribution is 0.0603. The lowest BCUT2D eigenvalue weighted by atomic mass is 10.1. The Hall–Kier alpha value is -2.57. The summed E-state index contributed by atoms with van der Waals surface area (Å²) in [6.07, 6.45) is 0. The van der Waals surface area contributed by atoms with Crippen LogP contribution in [0.3, 0.4) is 0 Å². The Morgan fingerprint density at radius 2 is 2.17 bits per heavy atom. The van der Waals surface area contributed by atoms with Gasteiger partial charge in [0.25, 0.3) is 0 Å². The number of nitrogens with one attached hydrogen (secondary N) is 1. The summed E-state index contributed by atoms with van der Waals surface area (Å²) in [7, 11) is 2.78. The van der Waals surface area contributed by atoms with Gasteiger partial charge in [-0.3, -0.25) is 5.10 Å². The Morgan fingerprint density at radius 1 is 1.39 bits per heavy atom. The number of pyridine rings is 1. The van der Waals surface area contributed by atoms with Crippen LogP contribution in [0.1, 0.15) is 10.4 Å². The summed E-state index contributed by atoms with van der Waals surface area (Å²) < 4.78 is 9.67. The number of aromatic amines is 1. The quantitative estimate of drug-likeness (QED) is 0.780. The van der Waals surface area contributed by atoms with Crippen LogP contribution in [0.4, 0.5) is 5.82 Å². The van der Waals surface area contributed by atoms with Crippen molar-refractivity contribution in [2.24, 2.45) is 0 Å². The summed E-state index contributed by atoms with van der Waals surface area (Å²) in [6.45, 7) is 0. The summed E-state index contributed by atoms with van der Waals surface area (Å²) in [4.78, 5) is 15.8. The number of nitrogens with two attached hydrogens (primary N) is 1. The Labute approximate surface area is 103 Å². The average molecular weight is 248 g/mol. The first-order valence-corrected chi connectivity index (χ1v) is 5.11. The van der Waals surface area contributed by atoms with Crippen molar-refractivity contribution in [1.82, 2.24) is 15.2 Å². The maximum atomic E-state index is 11.6. The summed E-state index contributed by atoms with van der Waals surface area (Å²) >= 11 is 0. The zero-order valence-corrected chi connectivity index (χ0v) is 9.93. The molecule has 0 aromatic carbocycles. The van der Waals surface area contributed by atoms with Gasteiger partial charge in [0.2, 0.25) is 5.88 Å². The molecule has 0 saturated heterocycles. The minimum atomic E-state index is -0.569. The van der Waals surface area contributed by atoms with E-state index in [1.807, 2.05) is 0 Å². The van der Waals surface area contributed by atoms with Gasteiger partial charge in [0.05, 0.1) is 19.9 Å². The number of aromatic nitrogens is 3. The standard InChI is InChI=1S/C11H12N4O3/c1-17-7-5-3-4-6(13-7)9-8(11(16)18-2)10(12)15-14-9/h3-5H,1-2H3,(H3,12,14,15). The number of hydrogen-bond acceptors (Lipinski definition) is 6. The van der Waals surface area contributed by atoms with E-state index in [2.05, 4.69) is 19.9 Å². The van der Waals surface area contributed by atoms with E-state index in [1.54, 1.807) is 18.2 Å². The van der Waals surface area contributed by atoms with Gasteiger partial charge in [-0.2, -0.15) is 5.10 Å². The molecule has 2 aromatic heterocycles. The first-order chi connectivity index (χ1) is 8.67. The smallest absolute Gasteiger partial charge is 0.343 e. The summed E-state index contributed by atoms with van der Waals surface area (Å²) in [6, 6.07) is 5.15. The van der Waals surface area contributed by atoms with E-state index < -0.39 is 5.97 Å². The number of esters is 1. The predicted octanol–water partition coefficient (Wildman–Crippen LogP) is 0.849. The van der Waals surface area contributed by atoms with E-state index in [-0.39, 0.29) is 11.4 Å². The van der Waals surface area contributed by atoms with Crippen molar-refractivity contribution in [3.05, 3.63) is 23.8 Å². The molecule has 7 heteroatoms. The molecule has 2 aromatic rings. The van der Waals surface area contributed by atoms with Gasteiger partial charge in [0.15, 0.2) is 5.82 Å². The van der Waals surface area contributed by atoms with Gasteiger partial charge >= 0.3 is 5.97 Å². The average Bonchev–Trinajstić information content (AvgIpc) is 2.80. The molecule has 0 aliphatic carbocycles. The minimum absolute atomic E-state index is 0.0708. The van der Waals surface area contributed by atoms with Crippen molar-refractivity contribution in [1.29, 1.82) is 0 Å². The molecule has 0 atom stereocenters. The monoisotopic (exact) mass is 248 g/mol. The van der Waals surface area contributed by atoms with E-state index in [4.69, 9.17) is 10.5 Å². The van der Waals surface area contributed by atoms with E-state index in [1.165, 1.54) is 14.2 Å². The van der Waals surface area contributed by atoms with Gasteiger partial charge in [-0.15, -0.1) is 0 Å². The molecular formula is C11H12N4O3. The molecule has 0 saturated carbocycles. The normalized spacial score (nSPS) is 10.1. The minimum Gasteiger partial charge on any atom is -0.481 e. The Bertz CT molecular complexity index is 579. The number of rotatable bonds is 3. The van der Waals surface area contributed by atoms with Crippen LogP contribution in [0.25, 0.3) is 11.4 Å². The first-order valence-electron chi connectivity index (χ1n) is 5.11. The summed E-state index contributed by atoms with van der Waals surface area (Å²) in [5.74, 6) is -0.0705. The van der Waals surface area contributed by atoms with E-state index in [0.717, 1.165) is 0 Å². The topological polar surface area (TPSA) is 103 Å². The number of H-pyrrole nitrogens is 1. The highest BCUT2D eigenvalue weighted by molar-refractivity contribution is 6.00. The zero-order valence-electron chi connectivity index (χ0n) is 9.93. The fraction of sp³-hybridized carbons (Fsp3) is 0.182. The van der Waals surface area contributed by atoms with Gasteiger partial charge < -0.3 is 15.2 Å². The van der Waals surface area contributed by atoms with Crippen molar-refractivity contribution in [3.8, 4) is 17.3 Å². The maximum Gasteiger partial charge on any atom is 0.343 e. The third kappa shape index (κ3) is 1.97. The molecule has 0 radical (unpaired) electrons. The fourth-order valence-corrected chi connectivity index (χ4v) is 1.52. The molecule has 3 N–H and O–H groups in total. The summed E-state index contributed by atoms with van der Waals surface area (Å²) in [5, 5.41) is 6.45. The molecule has 0 bridgehead atoms. The van der Waals surface area contributed by atoms with Crippen LogP contribution in [0.5, 0.6) is 5.88 Å². The Balaban J connectivity index is 2.53. The lowest BCUT2D eigenvalue weighted by Gasteiger charge is -2.03. The molecule has 0 fully saturated rings. The number of nitrogen functional groups attached to an aromatic ring is 1. The molecule has 18 heavy (non-hydrogen) atoms. The van der Waals surface area contributed by atoms with Crippen LogP contribution >= 0.6 is 0 Å². The molecule has 0 amide bonds. The van der Waals surface area contributed by atoms with Crippen molar-refractivity contribution >= 4 is 11.8 Å². The van der Waals surface area contributed by atoms with Gasteiger partial charge in [0, 0.05) is 6.07 Å². The van der Waals surface area contributed by atoms with Crippen LogP contribution in [0.15, 0.2) is 18.2 Å². The van der Waals surface area contributed by atoms with Crippen LogP contribution < -0.4 is 10.5 Å². The Kier molecular flexibility index (Phi) is 3.13.